The van der Waals surface area contributed by atoms with E-state index in [1.165, 1.54) is 24.3 Å². The molecule has 0 spiro atoms. The number of rotatable bonds is 6. The molecule has 0 saturated heterocycles. The van der Waals surface area contributed by atoms with Gasteiger partial charge in [-0.25, -0.2) is 8.42 Å². The zero-order valence-electron chi connectivity index (χ0n) is 15.2. The van der Waals surface area contributed by atoms with Crippen molar-refractivity contribution in [1.82, 2.24) is 19.8 Å². The number of hydrogen-bond acceptors (Lipinski definition) is 4. The summed E-state index contributed by atoms with van der Waals surface area (Å²) < 4.78 is 28.0. The second-order valence-electron chi connectivity index (χ2n) is 5.96. The van der Waals surface area contributed by atoms with Crippen molar-refractivity contribution in [2.45, 2.75) is 31.7 Å². The zero-order chi connectivity index (χ0) is 19.5. The van der Waals surface area contributed by atoms with Crippen LogP contribution in [-0.4, -0.2) is 30.7 Å². The average molecular weight is 374 g/mol. The molecule has 26 heavy (non-hydrogen) atoms. The normalized spacial score (nSPS) is 12.4. The van der Waals surface area contributed by atoms with Gasteiger partial charge < -0.3 is 5.32 Å². The van der Waals surface area contributed by atoms with Gasteiger partial charge in [0.1, 0.15) is 0 Å². The molecule has 138 valence electrons. The maximum Gasteiger partial charge on any atom is 0.251 e. The summed E-state index contributed by atoms with van der Waals surface area (Å²) in [7, 11) is -1.82. The summed E-state index contributed by atoms with van der Waals surface area (Å²) in [6, 6.07) is 5.46. The number of carbonyl (C=O) groups is 1. The standard InChI is InChI=1S/C18H22N4O3S/c1-6-11-19-26(24,25)16-9-7-15(8-10-16)18(23)20-12(2)17-13(3)21-22(5)14(17)4/h1,7-10,12,19H,11H2,2-5H3,(H,20,23). The largest absolute Gasteiger partial charge is 0.345 e. The first kappa shape index (κ1) is 19.7. The lowest BCUT2D eigenvalue weighted by molar-refractivity contribution is 0.0939. The minimum atomic E-state index is -3.67. The van der Waals surface area contributed by atoms with Crippen molar-refractivity contribution in [3.63, 3.8) is 0 Å². The molecule has 2 aromatic rings. The van der Waals surface area contributed by atoms with E-state index in [0.29, 0.717) is 5.56 Å². The Balaban J connectivity index is 2.14. The molecule has 1 unspecified atom stereocenters. The lowest BCUT2D eigenvalue weighted by atomic mass is 10.1. The monoisotopic (exact) mass is 374 g/mol. The number of carbonyl (C=O) groups excluding carboxylic acids is 1. The van der Waals surface area contributed by atoms with Gasteiger partial charge in [-0.1, -0.05) is 5.92 Å². The van der Waals surface area contributed by atoms with Gasteiger partial charge >= 0.3 is 0 Å². The van der Waals surface area contributed by atoms with Gasteiger partial charge in [0.05, 0.1) is 23.2 Å². The third-order valence-corrected chi connectivity index (χ3v) is 5.55. The lowest BCUT2D eigenvalue weighted by Crippen LogP contribution is -2.27. The fourth-order valence-corrected chi connectivity index (χ4v) is 3.71. The Morgan fingerprint density at radius 1 is 1.31 bits per heavy atom. The molecule has 8 heteroatoms. The van der Waals surface area contributed by atoms with Gasteiger partial charge in [-0.3, -0.25) is 9.48 Å². The zero-order valence-corrected chi connectivity index (χ0v) is 16.0. The minimum absolute atomic E-state index is 0.0521. The molecule has 1 aromatic heterocycles. The van der Waals surface area contributed by atoms with Crippen LogP contribution >= 0.6 is 0 Å². The molecule has 0 saturated carbocycles. The Hall–Kier alpha value is -2.63. The molecule has 0 fully saturated rings. The highest BCUT2D eigenvalue weighted by molar-refractivity contribution is 7.89. The van der Waals surface area contributed by atoms with Crippen molar-refractivity contribution < 1.29 is 13.2 Å². The van der Waals surface area contributed by atoms with Crippen LogP contribution in [0.25, 0.3) is 0 Å². The van der Waals surface area contributed by atoms with Crippen LogP contribution < -0.4 is 10.0 Å². The minimum Gasteiger partial charge on any atom is -0.345 e. The van der Waals surface area contributed by atoms with Crippen LogP contribution in [-0.2, 0) is 17.1 Å². The third kappa shape index (κ3) is 4.12. The molecule has 0 bridgehead atoms. The second kappa shape index (κ2) is 7.72. The highest BCUT2D eigenvalue weighted by Crippen LogP contribution is 2.21. The Labute approximate surface area is 153 Å². The van der Waals surface area contributed by atoms with Gasteiger partial charge in [-0.2, -0.15) is 9.82 Å². The molecule has 0 aliphatic heterocycles. The van der Waals surface area contributed by atoms with E-state index in [4.69, 9.17) is 6.42 Å². The first-order valence-electron chi connectivity index (χ1n) is 8.01. The number of sulfonamides is 1. The molecule has 2 N–H and O–H groups in total. The lowest BCUT2D eigenvalue weighted by Gasteiger charge is -2.15. The Bertz CT molecular complexity index is 954. The quantitative estimate of drug-likeness (QED) is 0.748. The molecule has 0 aliphatic rings. The Morgan fingerprint density at radius 3 is 2.42 bits per heavy atom. The van der Waals surface area contributed by atoms with Crippen LogP contribution in [0.3, 0.4) is 0 Å². The van der Waals surface area contributed by atoms with E-state index in [2.05, 4.69) is 21.1 Å². The van der Waals surface area contributed by atoms with Crippen molar-refractivity contribution in [3.8, 4) is 12.3 Å². The summed E-state index contributed by atoms with van der Waals surface area (Å²) in [4.78, 5) is 12.5. The van der Waals surface area contributed by atoms with Crippen LogP contribution in [0.1, 0.15) is 40.3 Å². The maximum absolute atomic E-state index is 12.5. The molecule has 2 rings (SSSR count). The van der Waals surface area contributed by atoms with Crippen LogP contribution in [0.15, 0.2) is 29.2 Å². The highest BCUT2D eigenvalue weighted by atomic mass is 32.2. The van der Waals surface area contributed by atoms with Gasteiger partial charge in [0.25, 0.3) is 5.91 Å². The van der Waals surface area contributed by atoms with Crippen molar-refractivity contribution >= 4 is 15.9 Å². The van der Waals surface area contributed by atoms with Gasteiger partial charge in [0, 0.05) is 23.9 Å². The van der Waals surface area contributed by atoms with E-state index in [-0.39, 0.29) is 23.4 Å². The SMILES string of the molecule is C#CCNS(=O)(=O)c1ccc(C(=O)NC(C)c2c(C)nn(C)c2C)cc1. The molecule has 7 nitrogen and oxygen atoms in total. The van der Waals surface area contributed by atoms with Crippen LogP contribution in [0.2, 0.25) is 0 Å². The van der Waals surface area contributed by atoms with Crippen LogP contribution in [0, 0.1) is 26.2 Å². The third-order valence-electron chi connectivity index (χ3n) is 4.14. The number of amides is 1. The van der Waals surface area contributed by atoms with Crippen molar-refractivity contribution in [1.29, 1.82) is 0 Å². The summed E-state index contributed by atoms with van der Waals surface area (Å²) in [6.45, 7) is 5.64. The second-order valence-corrected chi connectivity index (χ2v) is 7.72. The van der Waals surface area contributed by atoms with E-state index in [1.807, 2.05) is 27.8 Å². The van der Waals surface area contributed by atoms with Crippen LogP contribution in [0.4, 0.5) is 0 Å². The number of aryl methyl sites for hydroxylation is 2. The fraction of sp³-hybridized carbons (Fsp3) is 0.333. The van der Waals surface area contributed by atoms with E-state index in [9.17, 15) is 13.2 Å². The summed E-state index contributed by atoms with van der Waals surface area (Å²) in [5.74, 6) is 1.92. The van der Waals surface area contributed by atoms with E-state index in [1.54, 1.807) is 4.68 Å². The predicted molar refractivity (Wildman–Crippen MR) is 99.0 cm³/mol. The van der Waals surface area contributed by atoms with Gasteiger partial charge in [-0.05, 0) is 45.0 Å². The fourth-order valence-electron chi connectivity index (χ4n) is 2.77. The van der Waals surface area contributed by atoms with Crippen molar-refractivity contribution in [2.75, 3.05) is 6.54 Å². The highest BCUT2D eigenvalue weighted by Gasteiger charge is 2.19. The summed E-state index contributed by atoms with van der Waals surface area (Å²) in [6.07, 6.45) is 5.06. The smallest absolute Gasteiger partial charge is 0.251 e. The summed E-state index contributed by atoms with van der Waals surface area (Å²) in [5.41, 5.74) is 3.18. The number of hydrogen-bond donors (Lipinski definition) is 2. The molecule has 0 aliphatic carbocycles. The molecule has 1 amide bonds. The molecule has 1 atom stereocenters. The van der Waals surface area contributed by atoms with E-state index >= 15 is 0 Å². The predicted octanol–water partition coefficient (Wildman–Crippen LogP) is 1.44. The Morgan fingerprint density at radius 2 is 1.92 bits per heavy atom. The topological polar surface area (TPSA) is 93.1 Å². The van der Waals surface area contributed by atoms with Gasteiger partial charge in [0.2, 0.25) is 10.0 Å². The van der Waals surface area contributed by atoms with Crippen LogP contribution in [0.5, 0.6) is 0 Å². The van der Waals surface area contributed by atoms with Gasteiger partial charge in [0.15, 0.2) is 0 Å². The van der Waals surface area contributed by atoms with Crippen molar-refractivity contribution in [3.05, 3.63) is 46.8 Å². The van der Waals surface area contributed by atoms with E-state index in [0.717, 1.165) is 17.0 Å². The molecule has 1 heterocycles. The summed E-state index contributed by atoms with van der Waals surface area (Å²) in [5, 5.41) is 7.27. The number of nitrogens with one attached hydrogen (secondary N) is 2. The maximum atomic E-state index is 12.5. The van der Waals surface area contributed by atoms with Gasteiger partial charge in [-0.15, -0.1) is 6.42 Å². The molecular formula is C18H22N4O3S. The number of nitrogens with zero attached hydrogens (tertiary/aromatic N) is 2. The van der Waals surface area contributed by atoms with E-state index < -0.39 is 10.0 Å². The molecular weight excluding hydrogens is 352 g/mol. The first-order valence-corrected chi connectivity index (χ1v) is 9.50. The Kier molecular flexibility index (Phi) is 5.85. The number of aromatic nitrogens is 2. The molecule has 0 radical (unpaired) electrons. The van der Waals surface area contributed by atoms with Crippen molar-refractivity contribution in [2.24, 2.45) is 7.05 Å². The number of benzene rings is 1. The summed E-state index contributed by atoms with van der Waals surface area (Å²) >= 11 is 0. The average Bonchev–Trinajstić information content (AvgIpc) is 2.85. The molecule has 1 aromatic carbocycles. The first-order chi connectivity index (χ1) is 12.2. The number of terminal acetylenes is 1.